The summed E-state index contributed by atoms with van der Waals surface area (Å²) in [6.07, 6.45) is 0.114. The predicted octanol–water partition coefficient (Wildman–Crippen LogP) is 4.06. The van der Waals surface area contributed by atoms with Crippen LogP contribution in [0.1, 0.15) is 5.89 Å². The summed E-state index contributed by atoms with van der Waals surface area (Å²) in [6.45, 7) is 0. The first-order valence-corrected chi connectivity index (χ1v) is 9.42. The number of hydrogen-bond acceptors (Lipinski definition) is 5. The Hall–Kier alpha value is -1.89. The van der Waals surface area contributed by atoms with Crippen LogP contribution in [-0.2, 0) is 16.3 Å². The summed E-state index contributed by atoms with van der Waals surface area (Å²) < 4.78 is 30.2. The van der Waals surface area contributed by atoms with Crippen molar-refractivity contribution in [3.8, 4) is 11.5 Å². The number of sulfone groups is 1. The van der Waals surface area contributed by atoms with Crippen molar-refractivity contribution >= 4 is 33.0 Å². The quantitative estimate of drug-likeness (QED) is 0.664. The molecule has 0 aliphatic carbocycles. The van der Waals surface area contributed by atoms with Gasteiger partial charge < -0.3 is 4.42 Å². The Morgan fingerprint density at radius 3 is 2.42 bits per heavy atom. The van der Waals surface area contributed by atoms with Gasteiger partial charge in [-0.3, -0.25) is 0 Å². The average Bonchev–Trinajstić information content (AvgIpc) is 3.05. The summed E-state index contributed by atoms with van der Waals surface area (Å²) in [6, 6.07) is 13.5. The van der Waals surface area contributed by atoms with Gasteiger partial charge in [-0.05, 0) is 30.3 Å². The molecule has 0 unspecified atom stereocenters. The lowest BCUT2D eigenvalue weighted by Crippen LogP contribution is -2.09. The largest absolute Gasteiger partial charge is 0.421 e. The van der Waals surface area contributed by atoms with Gasteiger partial charge in [0, 0.05) is 12.0 Å². The number of rotatable bonds is 5. The Balaban J connectivity index is 1.73. The van der Waals surface area contributed by atoms with Crippen LogP contribution in [0.4, 0.5) is 0 Å². The van der Waals surface area contributed by atoms with Gasteiger partial charge >= 0.3 is 0 Å². The van der Waals surface area contributed by atoms with Gasteiger partial charge in [0.2, 0.25) is 11.8 Å². The molecule has 1 heterocycles. The average molecular weight is 383 g/mol. The molecule has 124 valence electrons. The second-order valence-electron chi connectivity index (χ2n) is 5.01. The minimum atomic E-state index is -3.52. The second kappa shape index (κ2) is 6.93. The number of hydrogen-bond donors (Lipinski definition) is 0. The summed E-state index contributed by atoms with van der Waals surface area (Å²) in [7, 11) is -3.52. The molecule has 0 fully saturated rings. The molecular weight excluding hydrogens is 371 g/mol. The van der Waals surface area contributed by atoms with E-state index in [1.54, 1.807) is 0 Å². The molecule has 1 aromatic heterocycles. The summed E-state index contributed by atoms with van der Waals surface area (Å²) in [5.41, 5.74) is 0.781. The molecule has 0 saturated heterocycles. The highest BCUT2D eigenvalue weighted by atomic mass is 35.5. The monoisotopic (exact) mass is 382 g/mol. The molecule has 3 aromatic rings. The molecule has 3 rings (SSSR count). The third-order valence-electron chi connectivity index (χ3n) is 3.32. The summed E-state index contributed by atoms with van der Waals surface area (Å²) >= 11 is 11.7. The highest BCUT2D eigenvalue weighted by molar-refractivity contribution is 7.91. The third-order valence-corrected chi connectivity index (χ3v) is 5.78. The van der Waals surface area contributed by atoms with Crippen molar-refractivity contribution < 1.29 is 12.8 Å². The van der Waals surface area contributed by atoms with Crippen molar-refractivity contribution in [3.63, 3.8) is 0 Å². The topological polar surface area (TPSA) is 73.1 Å². The molecule has 2 aromatic carbocycles. The maximum atomic E-state index is 12.4. The van der Waals surface area contributed by atoms with Crippen LogP contribution < -0.4 is 0 Å². The van der Waals surface area contributed by atoms with Gasteiger partial charge in [-0.2, -0.15) is 0 Å². The first-order chi connectivity index (χ1) is 11.5. The number of aryl methyl sites for hydroxylation is 1. The van der Waals surface area contributed by atoms with Crippen molar-refractivity contribution in [2.45, 2.75) is 11.3 Å². The van der Waals surface area contributed by atoms with Crippen molar-refractivity contribution in [2.24, 2.45) is 0 Å². The van der Waals surface area contributed by atoms with Gasteiger partial charge in [-0.15, -0.1) is 10.2 Å². The molecule has 0 aliphatic rings. The van der Waals surface area contributed by atoms with Crippen LogP contribution in [0.2, 0.25) is 10.0 Å². The van der Waals surface area contributed by atoms with Crippen molar-refractivity contribution in [1.29, 1.82) is 0 Å². The van der Waals surface area contributed by atoms with E-state index in [4.69, 9.17) is 27.6 Å². The minimum Gasteiger partial charge on any atom is -0.421 e. The van der Waals surface area contributed by atoms with Crippen LogP contribution in [0, 0.1) is 0 Å². The predicted molar refractivity (Wildman–Crippen MR) is 92.0 cm³/mol. The second-order valence-corrected chi connectivity index (χ2v) is 7.94. The molecule has 0 amide bonds. The Morgan fingerprint density at radius 2 is 1.71 bits per heavy atom. The highest BCUT2D eigenvalue weighted by Gasteiger charge is 2.18. The molecule has 0 aliphatic heterocycles. The van der Waals surface area contributed by atoms with Crippen LogP contribution in [-0.4, -0.2) is 24.4 Å². The van der Waals surface area contributed by atoms with Crippen LogP contribution in [0.15, 0.2) is 57.8 Å². The van der Waals surface area contributed by atoms with E-state index in [2.05, 4.69) is 10.2 Å². The van der Waals surface area contributed by atoms with Crippen LogP contribution in [0.5, 0.6) is 0 Å². The van der Waals surface area contributed by atoms with E-state index in [1.165, 1.54) is 18.2 Å². The lowest BCUT2D eigenvalue weighted by Gasteiger charge is -2.04. The van der Waals surface area contributed by atoms with E-state index < -0.39 is 9.84 Å². The van der Waals surface area contributed by atoms with Gasteiger partial charge in [0.05, 0.1) is 20.7 Å². The Bertz CT molecular complexity index is 956. The maximum Gasteiger partial charge on any atom is 0.247 e. The van der Waals surface area contributed by atoms with E-state index in [1.807, 2.05) is 30.3 Å². The highest BCUT2D eigenvalue weighted by Crippen LogP contribution is 2.26. The normalized spacial score (nSPS) is 11.6. The Morgan fingerprint density at radius 1 is 0.958 bits per heavy atom. The van der Waals surface area contributed by atoms with Gasteiger partial charge in [-0.25, -0.2) is 8.42 Å². The molecule has 24 heavy (non-hydrogen) atoms. The lowest BCUT2D eigenvalue weighted by molar-refractivity contribution is 0.510. The smallest absolute Gasteiger partial charge is 0.247 e. The first kappa shape index (κ1) is 17.0. The SMILES string of the molecule is O=S(=O)(CCc1nnc(-c2ccccc2)o1)c1ccc(Cl)c(Cl)c1. The molecule has 0 atom stereocenters. The van der Waals surface area contributed by atoms with E-state index in [-0.39, 0.29) is 28.0 Å². The van der Waals surface area contributed by atoms with Crippen molar-refractivity contribution in [3.05, 3.63) is 64.5 Å². The van der Waals surface area contributed by atoms with Gasteiger partial charge in [0.1, 0.15) is 0 Å². The van der Waals surface area contributed by atoms with Crippen LogP contribution in [0.3, 0.4) is 0 Å². The number of halogens is 2. The first-order valence-electron chi connectivity index (χ1n) is 7.01. The lowest BCUT2D eigenvalue weighted by atomic mass is 10.2. The van der Waals surface area contributed by atoms with Crippen molar-refractivity contribution in [1.82, 2.24) is 10.2 Å². The Labute approximate surface area is 149 Å². The van der Waals surface area contributed by atoms with Gasteiger partial charge in [-0.1, -0.05) is 41.4 Å². The zero-order valence-electron chi connectivity index (χ0n) is 12.3. The summed E-state index contributed by atoms with van der Waals surface area (Å²) in [5.74, 6) is 0.455. The number of nitrogens with zero attached hydrogens (tertiary/aromatic N) is 2. The van der Waals surface area contributed by atoms with E-state index in [0.717, 1.165) is 5.56 Å². The van der Waals surface area contributed by atoms with Crippen LogP contribution >= 0.6 is 23.2 Å². The van der Waals surface area contributed by atoms with E-state index in [0.29, 0.717) is 10.9 Å². The fraction of sp³-hybridized carbons (Fsp3) is 0.125. The third kappa shape index (κ3) is 3.77. The molecular formula is C16H12Cl2N2O3S. The molecule has 5 nitrogen and oxygen atoms in total. The molecule has 8 heteroatoms. The molecule has 0 radical (unpaired) electrons. The standard InChI is InChI=1S/C16H12Cl2N2O3S/c17-13-7-6-12(10-14(13)18)24(21,22)9-8-15-19-20-16(23-15)11-4-2-1-3-5-11/h1-7,10H,8-9H2. The summed E-state index contributed by atoms with van der Waals surface area (Å²) in [4.78, 5) is 0.111. The molecule has 0 saturated carbocycles. The zero-order chi connectivity index (χ0) is 17.2. The van der Waals surface area contributed by atoms with Crippen LogP contribution in [0.25, 0.3) is 11.5 Å². The van der Waals surface area contributed by atoms with E-state index in [9.17, 15) is 8.42 Å². The minimum absolute atomic E-state index is 0.111. The maximum absolute atomic E-state index is 12.4. The number of benzene rings is 2. The van der Waals surface area contributed by atoms with Crippen molar-refractivity contribution in [2.75, 3.05) is 5.75 Å². The van der Waals surface area contributed by atoms with Gasteiger partial charge in [0.25, 0.3) is 0 Å². The fourth-order valence-corrected chi connectivity index (χ4v) is 3.68. The molecule has 0 bridgehead atoms. The molecule has 0 N–H and O–H groups in total. The Kier molecular flexibility index (Phi) is 4.89. The molecule has 0 spiro atoms. The van der Waals surface area contributed by atoms with E-state index >= 15 is 0 Å². The fourth-order valence-electron chi connectivity index (χ4n) is 2.06. The van der Waals surface area contributed by atoms with Gasteiger partial charge in [0.15, 0.2) is 9.84 Å². The zero-order valence-corrected chi connectivity index (χ0v) is 14.6. The summed E-state index contributed by atoms with van der Waals surface area (Å²) in [5, 5.41) is 8.33. The number of aromatic nitrogens is 2.